The number of anilines is 3. The van der Waals surface area contributed by atoms with E-state index in [1.54, 1.807) is 6.21 Å². The third-order valence-corrected chi connectivity index (χ3v) is 4.08. The summed E-state index contributed by atoms with van der Waals surface area (Å²) in [6.07, 6.45) is 1.72. The van der Waals surface area contributed by atoms with E-state index >= 15 is 0 Å². The fourth-order valence-corrected chi connectivity index (χ4v) is 2.49. The number of ether oxygens (including phenoxy) is 1. The second-order valence-corrected chi connectivity index (χ2v) is 6.59. The highest BCUT2D eigenvalue weighted by Crippen LogP contribution is 2.16. The Kier molecular flexibility index (Phi) is 5.77. The quantitative estimate of drug-likeness (QED) is 0.601. The van der Waals surface area contributed by atoms with Gasteiger partial charge in [0, 0.05) is 31.7 Å². The summed E-state index contributed by atoms with van der Waals surface area (Å²) in [4.78, 5) is 17.3. The zero-order chi connectivity index (χ0) is 17.6. The molecule has 25 heavy (non-hydrogen) atoms. The molecule has 0 atom stereocenters. The molecule has 1 aliphatic heterocycles. The summed E-state index contributed by atoms with van der Waals surface area (Å²) in [5.41, 5.74) is 3.87. The molecule has 2 aromatic rings. The molecule has 1 fully saturated rings. The summed E-state index contributed by atoms with van der Waals surface area (Å²) in [5.74, 6) is 1.62. The summed E-state index contributed by atoms with van der Waals surface area (Å²) in [6.45, 7) is 2.87. The predicted octanol–water partition coefficient (Wildman–Crippen LogP) is 1.98. The van der Waals surface area contributed by atoms with E-state index in [-0.39, 0.29) is 0 Å². The van der Waals surface area contributed by atoms with Crippen molar-refractivity contribution in [1.29, 1.82) is 0 Å². The number of nitrogens with zero attached hydrogens (tertiary/aromatic N) is 6. The number of benzene rings is 1. The molecule has 1 aromatic heterocycles. The molecular formula is C16H20BrN7O. The average Bonchev–Trinajstić information content (AvgIpc) is 2.64. The first-order chi connectivity index (χ1) is 12.1. The van der Waals surface area contributed by atoms with E-state index in [9.17, 15) is 0 Å². The Labute approximate surface area is 155 Å². The molecule has 8 nitrogen and oxygen atoms in total. The maximum atomic E-state index is 5.39. The summed E-state index contributed by atoms with van der Waals surface area (Å²) in [7, 11) is 3.79. The van der Waals surface area contributed by atoms with Gasteiger partial charge in [-0.3, -0.25) is 0 Å². The highest BCUT2D eigenvalue weighted by molar-refractivity contribution is 9.10. The van der Waals surface area contributed by atoms with Crippen molar-refractivity contribution in [3.63, 3.8) is 0 Å². The zero-order valence-corrected chi connectivity index (χ0v) is 15.8. The van der Waals surface area contributed by atoms with Crippen LogP contribution in [0.3, 0.4) is 0 Å². The highest BCUT2D eigenvalue weighted by atomic mass is 79.9. The van der Waals surface area contributed by atoms with Gasteiger partial charge < -0.3 is 14.5 Å². The van der Waals surface area contributed by atoms with Crippen LogP contribution in [0.15, 0.2) is 33.8 Å². The van der Waals surface area contributed by atoms with Crippen LogP contribution in [0.25, 0.3) is 0 Å². The van der Waals surface area contributed by atoms with Gasteiger partial charge in [-0.2, -0.15) is 20.1 Å². The third-order valence-electron chi connectivity index (χ3n) is 3.55. The lowest BCUT2D eigenvalue weighted by atomic mass is 10.2. The summed E-state index contributed by atoms with van der Waals surface area (Å²) in [6, 6.07) is 7.86. The third kappa shape index (κ3) is 4.86. The molecule has 0 aliphatic carbocycles. The smallest absolute Gasteiger partial charge is 0.250 e. The number of morpholine rings is 1. The van der Waals surface area contributed by atoms with Crippen molar-refractivity contribution in [2.45, 2.75) is 0 Å². The first-order valence-electron chi connectivity index (χ1n) is 7.92. The number of aromatic nitrogens is 3. The molecule has 0 amide bonds. The van der Waals surface area contributed by atoms with Crippen LogP contribution in [0.1, 0.15) is 5.56 Å². The Hall–Kier alpha value is -2.26. The van der Waals surface area contributed by atoms with Crippen LogP contribution in [-0.4, -0.2) is 61.6 Å². The number of hydrogen-bond acceptors (Lipinski definition) is 8. The van der Waals surface area contributed by atoms with Gasteiger partial charge in [0.1, 0.15) is 0 Å². The van der Waals surface area contributed by atoms with Gasteiger partial charge in [0.2, 0.25) is 17.8 Å². The molecule has 9 heteroatoms. The maximum absolute atomic E-state index is 5.39. The van der Waals surface area contributed by atoms with E-state index in [1.165, 1.54) is 0 Å². The molecule has 3 rings (SSSR count). The maximum Gasteiger partial charge on any atom is 0.250 e. The first-order valence-corrected chi connectivity index (χ1v) is 8.72. The SMILES string of the molecule is CN(C)c1nc(N/N=C/c2ccc(Br)cc2)nc(N2CCOCC2)n1. The van der Waals surface area contributed by atoms with E-state index in [2.05, 4.69) is 46.3 Å². The van der Waals surface area contributed by atoms with E-state index < -0.39 is 0 Å². The fourth-order valence-electron chi connectivity index (χ4n) is 2.22. The number of hydrazone groups is 1. The minimum Gasteiger partial charge on any atom is -0.378 e. The fraction of sp³-hybridized carbons (Fsp3) is 0.375. The lowest BCUT2D eigenvalue weighted by Gasteiger charge is -2.27. The molecule has 0 bridgehead atoms. The van der Waals surface area contributed by atoms with Gasteiger partial charge in [-0.05, 0) is 17.7 Å². The summed E-state index contributed by atoms with van der Waals surface area (Å²) >= 11 is 3.41. The topological polar surface area (TPSA) is 78.8 Å². The zero-order valence-electron chi connectivity index (χ0n) is 14.2. The predicted molar refractivity (Wildman–Crippen MR) is 103 cm³/mol. The van der Waals surface area contributed by atoms with E-state index in [4.69, 9.17) is 4.74 Å². The molecule has 0 unspecified atom stereocenters. The molecule has 1 aliphatic rings. The van der Waals surface area contributed by atoms with Crippen LogP contribution in [0.2, 0.25) is 0 Å². The molecule has 132 valence electrons. The van der Waals surface area contributed by atoms with Crippen molar-refractivity contribution in [3.8, 4) is 0 Å². The van der Waals surface area contributed by atoms with E-state index in [0.717, 1.165) is 23.1 Å². The Morgan fingerprint density at radius 2 is 1.88 bits per heavy atom. The van der Waals surface area contributed by atoms with Crippen molar-refractivity contribution in [3.05, 3.63) is 34.3 Å². The highest BCUT2D eigenvalue weighted by Gasteiger charge is 2.17. The number of nitrogens with one attached hydrogen (secondary N) is 1. The van der Waals surface area contributed by atoms with E-state index in [1.807, 2.05) is 43.3 Å². The van der Waals surface area contributed by atoms with Gasteiger partial charge in [0.25, 0.3) is 0 Å². The average molecular weight is 406 g/mol. The molecular weight excluding hydrogens is 386 g/mol. The van der Waals surface area contributed by atoms with Crippen LogP contribution < -0.4 is 15.2 Å². The Balaban J connectivity index is 1.77. The lowest BCUT2D eigenvalue weighted by molar-refractivity contribution is 0.122. The van der Waals surface area contributed by atoms with Crippen molar-refractivity contribution >= 4 is 40.0 Å². The molecule has 1 aromatic carbocycles. The first kappa shape index (κ1) is 17.6. The standard InChI is InChI=1S/C16H20BrN7O/c1-23(2)15-19-14(20-16(21-15)24-7-9-25-10-8-24)22-18-11-12-3-5-13(17)6-4-12/h3-6,11H,7-10H2,1-2H3,(H,19,20,21,22)/b18-11+. The Morgan fingerprint density at radius 3 is 2.56 bits per heavy atom. The van der Waals surface area contributed by atoms with Crippen LogP contribution in [0.4, 0.5) is 17.8 Å². The molecule has 1 N–H and O–H groups in total. The monoisotopic (exact) mass is 405 g/mol. The van der Waals surface area contributed by atoms with Crippen LogP contribution in [-0.2, 0) is 4.74 Å². The Bertz CT molecular complexity index is 730. The molecule has 2 heterocycles. The second kappa shape index (κ2) is 8.21. The van der Waals surface area contributed by atoms with Gasteiger partial charge in [-0.15, -0.1) is 0 Å². The van der Waals surface area contributed by atoms with Crippen LogP contribution >= 0.6 is 15.9 Å². The number of hydrogen-bond donors (Lipinski definition) is 1. The van der Waals surface area contributed by atoms with Gasteiger partial charge in [0.15, 0.2) is 0 Å². The van der Waals surface area contributed by atoms with Crippen molar-refractivity contribution in [2.24, 2.45) is 5.10 Å². The second-order valence-electron chi connectivity index (χ2n) is 5.67. The number of halogens is 1. The molecule has 0 spiro atoms. The largest absolute Gasteiger partial charge is 0.378 e. The van der Waals surface area contributed by atoms with Crippen LogP contribution in [0.5, 0.6) is 0 Å². The van der Waals surface area contributed by atoms with Gasteiger partial charge in [-0.1, -0.05) is 28.1 Å². The minimum absolute atomic E-state index is 0.411. The summed E-state index contributed by atoms with van der Waals surface area (Å²) < 4.78 is 6.41. The lowest BCUT2D eigenvalue weighted by Crippen LogP contribution is -2.37. The normalized spacial score (nSPS) is 14.8. The molecule has 1 saturated heterocycles. The van der Waals surface area contributed by atoms with Crippen molar-refractivity contribution in [1.82, 2.24) is 15.0 Å². The molecule has 0 radical (unpaired) electrons. The van der Waals surface area contributed by atoms with Crippen LogP contribution in [0, 0.1) is 0 Å². The minimum atomic E-state index is 0.411. The Morgan fingerprint density at radius 1 is 1.16 bits per heavy atom. The van der Waals surface area contributed by atoms with Gasteiger partial charge >= 0.3 is 0 Å². The van der Waals surface area contributed by atoms with Crippen molar-refractivity contribution in [2.75, 3.05) is 55.6 Å². The van der Waals surface area contributed by atoms with Gasteiger partial charge in [-0.25, -0.2) is 5.43 Å². The summed E-state index contributed by atoms with van der Waals surface area (Å²) in [5, 5.41) is 4.22. The molecule has 0 saturated carbocycles. The number of rotatable bonds is 5. The van der Waals surface area contributed by atoms with Gasteiger partial charge in [0.05, 0.1) is 19.4 Å². The van der Waals surface area contributed by atoms with E-state index in [0.29, 0.717) is 31.1 Å². The van der Waals surface area contributed by atoms with Crippen molar-refractivity contribution < 1.29 is 4.74 Å².